The molecule has 0 aliphatic heterocycles. The van der Waals surface area contributed by atoms with E-state index >= 15 is 0 Å². The summed E-state index contributed by atoms with van der Waals surface area (Å²) < 4.78 is 88.8. The fraction of sp³-hybridized carbons (Fsp3) is 0.350. The lowest BCUT2D eigenvalue weighted by Gasteiger charge is -2.27. The Balaban J connectivity index is 2.11. The molecule has 0 saturated heterocycles. The summed E-state index contributed by atoms with van der Waals surface area (Å²) in [5, 5.41) is 0. The van der Waals surface area contributed by atoms with Gasteiger partial charge in [-0.15, -0.1) is 0 Å². The number of methoxy groups -OCH3 is 1. The van der Waals surface area contributed by atoms with Crippen LogP contribution in [-0.4, -0.2) is 33.0 Å². The van der Waals surface area contributed by atoms with Crippen LogP contribution in [0.2, 0.25) is 0 Å². The summed E-state index contributed by atoms with van der Waals surface area (Å²) in [5.41, 5.74) is -2.20. The highest BCUT2D eigenvalue weighted by Crippen LogP contribution is 2.39. The van der Waals surface area contributed by atoms with Crippen LogP contribution >= 0.6 is 0 Å². The van der Waals surface area contributed by atoms with Gasteiger partial charge in [0.1, 0.15) is 18.0 Å². The van der Waals surface area contributed by atoms with Crippen LogP contribution in [0.25, 0.3) is 4.85 Å². The van der Waals surface area contributed by atoms with Gasteiger partial charge in [-0.2, -0.15) is 26.3 Å². The lowest BCUT2D eigenvalue weighted by Crippen LogP contribution is -2.35. The predicted octanol–water partition coefficient (Wildman–Crippen LogP) is 6.10. The third-order valence-corrected chi connectivity index (χ3v) is 4.04. The van der Waals surface area contributed by atoms with E-state index < -0.39 is 30.1 Å². The standard InChI is InChI=1S/C20H18F6N2O2/c1-27-18-9-4-14(12-17(18)20(24,25)26)28(13-19(21,22)23)10-3-11-30-16-7-5-15(29-2)6-8-16/h4-9,12H,3,10-11,13H2,2H3. The average molecular weight is 432 g/mol. The molecule has 0 saturated carbocycles. The second kappa shape index (κ2) is 9.61. The molecule has 0 fully saturated rings. The summed E-state index contributed by atoms with van der Waals surface area (Å²) in [7, 11) is 1.50. The van der Waals surface area contributed by atoms with Gasteiger partial charge in [0.25, 0.3) is 0 Å². The topological polar surface area (TPSA) is 26.1 Å². The largest absolute Gasteiger partial charge is 0.497 e. The maximum absolute atomic E-state index is 13.2. The molecule has 0 atom stereocenters. The van der Waals surface area contributed by atoms with Gasteiger partial charge in [0.15, 0.2) is 5.69 Å². The van der Waals surface area contributed by atoms with Crippen molar-refractivity contribution in [3.8, 4) is 11.5 Å². The maximum Gasteiger partial charge on any atom is 0.407 e. The number of nitrogens with zero attached hydrogens (tertiary/aromatic N) is 2. The first-order valence-corrected chi connectivity index (χ1v) is 8.71. The SMILES string of the molecule is [C-]#[N+]c1ccc(N(CCCOc2ccc(OC)cc2)CC(F)(F)F)cc1C(F)(F)F. The molecule has 2 rings (SSSR count). The molecule has 0 N–H and O–H groups in total. The van der Waals surface area contributed by atoms with Crippen molar-refractivity contribution in [3.63, 3.8) is 0 Å². The van der Waals surface area contributed by atoms with Crippen molar-refractivity contribution in [2.24, 2.45) is 0 Å². The molecule has 0 unspecified atom stereocenters. The molecule has 0 spiro atoms. The zero-order valence-corrected chi connectivity index (χ0v) is 15.8. The molecule has 0 radical (unpaired) electrons. The van der Waals surface area contributed by atoms with Crippen molar-refractivity contribution in [3.05, 3.63) is 59.4 Å². The second-order valence-electron chi connectivity index (χ2n) is 6.23. The van der Waals surface area contributed by atoms with Gasteiger partial charge in [0, 0.05) is 12.2 Å². The lowest BCUT2D eigenvalue weighted by molar-refractivity contribution is -0.136. The van der Waals surface area contributed by atoms with Crippen LogP contribution in [0.1, 0.15) is 12.0 Å². The van der Waals surface area contributed by atoms with E-state index in [4.69, 9.17) is 16.0 Å². The van der Waals surface area contributed by atoms with Crippen molar-refractivity contribution in [1.82, 2.24) is 0 Å². The lowest BCUT2D eigenvalue weighted by atomic mass is 10.1. The Bertz CT molecular complexity index is 873. The number of benzene rings is 2. The molecular weight excluding hydrogens is 414 g/mol. The third kappa shape index (κ3) is 6.76. The highest BCUT2D eigenvalue weighted by Gasteiger charge is 2.35. The monoisotopic (exact) mass is 432 g/mol. The van der Waals surface area contributed by atoms with Crippen LogP contribution < -0.4 is 14.4 Å². The van der Waals surface area contributed by atoms with Gasteiger partial charge in [0.05, 0.1) is 25.9 Å². The third-order valence-electron chi connectivity index (χ3n) is 4.04. The van der Waals surface area contributed by atoms with E-state index in [1.54, 1.807) is 24.3 Å². The molecule has 2 aromatic carbocycles. The minimum Gasteiger partial charge on any atom is -0.497 e. The number of halogens is 6. The highest BCUT2D eigenvalue weighted by molar-refractivity contribution is 5.62. The Kier molecular flexibility index (Phi) is 7.43. The Morgan fingerprint density at radius 2 is 1.60 bits per heavy atom. The summed E-state index contributed by atoms with van der Waals surface area (Å²) in [6.45, 7) is 5.28. The van der Waals surface area contributed by atoms with Crippen molar-refractivity contribution >= 4 is 11.4 Å². The maximum atomic E-state index is 13.2. The van der Waals surface area contributed by atoms with Crippen molar-refractivity contribution in [2.45, 2.75) is 18.8 Å². The van der Waals surface area contributed by atoms with Gasteiger partial charge in [0.2, 0.25) is 0 Å². The molecular formula is C20H18F6N2O2. The van der Waals surface area contributed by atoms with Crippen LogP contribution in [-0.2, 0) is 6.18 Å². The number of rotatable bonds is 8. The molecule has 0 aliphatic carbocycles. The quantitative estimate of drug-likeness (QED) is 0.286. The number of alkyl halides is 6. The first-order valence-electron chi connectivity index (χ1n) is 8.71. The number of hydrogen-bond donors (Lipinski definition) is 0. The van der Waals surface area contributed by atoms with Crippen LogP contribution in [0.3, 0.4) is 0 Å². The molecule has 0 heterocycles. The molecule has 30 heavy (non-hydrogen) atoms. The van der Waals surface area contributed by atoms with Gasteiger partial charge in [-0.05, 0) is 42.8 Å². The molecule has 10 heteroatoms. The minimum atomic E-state index is -4.85. The smallest absolute Gasteiger partial charge is 0.407 e. The molecule has 162 valence electrons. The molecule has 2 aromatic rings. The summed E-state index contributed by atoms with van der Waals surface area (Å²) in [6, 6.07) is 9.10. The molecule has 0 aromatic heterocycles. The Morgan fingerprint density at radius 3 is 2.13 bits per heavy atom. The van der Waals surface area contributed by atoms with E-state index in [2.05, 4.69) is 4.85 Å². The fourth-order valence-electron chi connectivity index (χ4n) is 2.68. The van der Waals surface area contributed by atoms with Crippen molar-refractivity contribution in [2.75, 3.05) is 31.7 Å². The Morgan fingerprint density at radius 1 is 0.967 bits per heavy atom. The summed E-state index contributed by atoms with van der Waals surface area (Å²) >= 11 is 0. The zero-order valence-electron chi connectivity index (χ0n) is 15.8. The highest BCUT2D eigenvalue weighted by atomic mass is 19.4. The van der Waals surface area contributed by atoms with Crippen molar-refractivity contribution < 1.29 is 35.8 Å². The first-order chi connectivity index (χ1) is 14.0. The summed E-state index contributed by atoms with van der Waals surface area (Å²) in [6.07, 6.45) is -9.33. The van der Waals surface area contributed by atoms with E-state index in [-0.39, 0.29) is 25.3 Å². The average Bonchev–Trinajstić information content (AvgIpc) is 2.68. The normalized spacial score (nSPS) is 11.7. The van der Waals surface area contributed by atoms with E-state index in [9.17, 15) is 26.3 Å². The fourth-order valence-corrected chi connectivity index (χ4v) is 2.68. The van der Waals surface area contributed by atoms with E-state index in [1.807, 2.05) is 0 Å². The van der Waals surface area contributed by atoms with E-state index in [0.717, 1.165) is 17.0 Å². The Hall–Kier alpha value is -3.09. The first kappa shape index (κ1) is 23.2. The van der Waals surface area contributed by atoms with Gasteiger partial charge < -0.3 is 14.4 Å². The van der Waals surface area contributed by atoms with Crippen LogP contribution in [0.4, 0.5) is 37.7 Å². The Labute approximate surface area is 169 Å². The summed E-state index contributed by atoms with van der Waals surface area (Å²) in [4.78, 5) is 3.59. The predicted molar refractivity (Wildman–Crippen MR) is 99.1 cm³/mol. The van der Waals surface area contributed by atoms with E-state index in [1.165, 1.54) is 7.11 Å². The van der Waals surface area contributed by atoms with Gasteiger partial charge in [-0.1, -0.05) is 6.07 Å². The van der Waals surface area contributed by atoms with Gasteiger partial charge in [-0.3, -0.25) is 0 Å². The minimum absolute atomic E-state index is 0.0625. The van der Waals surface area contributed by atoms with Crippen LogP contribution in [0, 0.1) is 6.57 Å². The van der Waals surface area contributed by atoms with Crippen molar-refractivity contribution in [1.29, 1.82) is 0 Å². The number of hydrogen-bond acceptors (Lipinski definition) is 3. The van der Waals surface area contributed by atoms with E-state index in [0.29, 0.717) is 17.6 Å². The van der Waals surface area contributed by atoms with Crippen LogP contribution in [0.5, 0.6) is 11.5 Å². The number of anilines is 1. The van der Waals surface area contributed by atoms with Crippen LogP contribution in [0.15, 0.2) is 42.5 Å². The molecule has 4 nitrogen and oxygen atoms in total. The number of ether oxygens (including phenoxy) is 2. The second-order valence-corrected chi connectivity index (χ2v) is 6.23. The molecule has 0 amide bonds. The molecule has 0 aliphatic rings. The summed E-state index contributed by atoms with van der Waals surface area (Å²) in [5.74, 6) is 1.10. The molecule has 0 bridgehead atoms. The van der Waals surface area contributed by atoms with Gasteiger partial charge >= 0.3 is 12.4 Å². The van der Waals surface area contributed by atoms with Gasteiger partial charge in [-0.25, -0.2) is 4.85 Å². The zero-order chi connectivity index (χ0) is 22.4.